The fourth-order valence-electron chi connectivity index (χ4n) is 5.28. The van der Waals surface area contributed by atoms with Crippen molar-refractivity contribution in [1.29, 1.82) is 0 Å². The van der Waals surface area contributed by atoms with Gasteiger partial charge in [-0.2, -0.15) is 0 Å². The van der Waals surface area contributed by atoms with E-state index in [0.29, 0.717) is 0 Å². The van der Waals surface area contributed by atoms with Crippen molar-refractivity contribution < 1.29 is 0 Å². The van der Waals surface area contributed by atoms with Gasteiger partial charge in [0, 0.05) is 18.6 Å². The average Bonchev–Trinajstić information content (AvgIpc) is 3.01. The van der Waals surface area contributed by atoms with E-state index in [1.807, 2.05) is 0 Å². The number of nitrogens with one attached hydrogen (secondary N) is 1. The molecule has 0 aliphatic heterocycles. The Balaban J connectivity index is 1.57. The van der Waals surface area contributed by atoms with Gasteiger partial charge in [-0.3, -0.25) is 0 Å². The van der Waals surface area contributed by atoms with E-state index in [1.165, 1.54) is 45.1 Å². The lowest BCUT2D eigenvalue weighted by Gasteiger charge is -2.42. The van der Waals surface area contributed by atoms with Crippen molar-refractivity contribution in [1.82, 2.24) is 10.2 Å². The van der Waals surface area contributed by atoms with E-state index < -0.39 is 0 Å². The summed E-state index contributed by atoms with van der Waals surface area (Å²) in [5.74, 6) is 4.09. The highest BCUT2D eigenvalue weighted by Crippen LogP contribution is 2.48. The van der Waals surface area contributed by atoms with Gasteiger partial charge in [0.1, 0.15) is 0 Å². The third-order valence-electron chi connectivity index (χ3n) is 6.42. The Morgan fingerprint density at radius 3 is 2.53 bits per heavy atom. The lowest BCUT2D eigenvalue weighted by atomic mass is 9.81. The van der Waals surface area contributed by atoms with Crippen molar-refractivity contribution in [3.8, 4) is 0 Å². The van der Waals surface area contributed by atoms with Crippen LogP contribution in [-0.2, 0) is 0 Å². The Labute approximate surface area is 119 Å². The van der Waals surface area contributed by atoms with Gasteiger partial charge in [0.15, 0.2) is 0 Å². The minimum atomic E-state index is 0.722. The highest BCUT2D eigenvalue weighted by molar-refractivity contribution is 4.94. The minimum absolute atomic E-state index is 0.722. The van der Waals surface area contributed by atoms with Gasteiger partial charge >= 0.3 is 0 Å². The van der Waals surface area contributed by atoms with Crippen LogP contribution in [0.1, 0.15) is 51.9 Å². The van der Waals surface area contributed by atoms with Crippen LogP contribution in [0.2, 0.25) is 0 Å². The molecule has 3 aliphatic rings. The van der Waals surface area contributed by atoms with Crippen LogP contribution in [0.4, 0.5) is 0 Å². The van der Waals surface area contributed by atoms with Crippen LogP contribution >= 0.6 is 0 Å². The first-order valence-electron chi connectivity index (χ1n) is 8.55. The van der Waals surface area contributed by atoms with E-state index in [4.69, 9.17) is 0 Å². The first kappa shape index (κ1) is 13.9. The summed E-state index contributed by atoms with van der Waals surface area (Å²) in [5, 5.41) is 3.57. The summed E-state index contributed by atoms with van der Waals surface area (Å²) >= 11 is 0. The predicted molar refractivity (Wildman–Crippen MR) is 81.2 cm³/mol. The van der Waals surface area contributed by atoms with Crippen LogP contribution < -0.4 is 5.32 Å². The first-order chi connectivity index (χ1) is 9.17. The molecule has 110 valence electrons. The average molecular weight is 264 g/mol. The fourth-order valence-corrected chi connectivity index (χ4v) is 5.28. The van der Waals surface area contributed by atoms with Gasteiger partial charge < -0.3 is 10.2 Å². The van der Waals surface area contributed by atoms with E-state index in [9.17, 15) is 0 Å². The molecule has 19 heavy (non-hydrogen) atoms. The topological polar surface area (TPSA) is 15.3 Å². The molecule has 3 saturated carbocycles. The molecule has 0 saturated heterocycles. The van der Waals surface area contributed by atoms with Crippen molar-refractivity contribution in [2.75, 3.05) is 20.6 Å². The van der Waals surface area contributed by atoms with E-state index in [0.717, 1.165) is 35.8 Å². The molecular weight excluding hydrogens is 232 g/mol. The summed E-state index contributed by atoms with van der Waals surface area (Å²) in [6.07, 6.45) is 10.3. The maximum absolute atomic E-state index is 3.57. The zero-order valence-electron chi connectivity index (χ0n) is 13.1. The van der Waals surface area contributed by atoms with Crippen LogP contribution in [0.25, 0.3) is 0 Å². The number of fused-ring (bicyclic) bond motifs is 2. The third kappa shape index (κ3) is 2.85. The molecule has 3 rings (SSSR count). The first-order valence-corrected chi connectivity index (χ1v) is 8.55. The molecule has 2 heteroatoms. The van der Waals surface area contributed by atoms with Crippen LogP contribution in [-0.4, -0.2) is 37.6 Å². The molecule has 0 radical (unpaired) electrons. The normalized spacial score (nSPS) is 46.1. The third-order valence-corrected chi connectivity index (χ3v) is 6.42. The molecule has 0 heterocycles. The fraction of sp³-hybridized carbons (Fsp3) is 1.00. The zero-order valence-corrected chi connectivity index (χ0v) is 13.1. The molecule has 0 amide bonds. The Hall–Kier alpha value is -0.0800. The summed E-state index contributed by atoms with van der Waals surface area (Å²) in [6, 6.07) is 1.49. The van der Waals surface area contributed by atoms with Crippen LogP contribution in [0, 0.1) is 23.7 Å². The van der Waals surface area contributed by atoms with Crippen molar-refractivity contribution in [3.05, 3.63) is 0 Å². The monoisotopic (exact) mass is 264 g/mol. The van der Waals surface area contributed by atoms with Crippen molar-refractivity contribution >= 4 is 0 Å². The molecule has 1 N–H and O–H groups in total. The SMILES string of the molecule is CNC1CCC(C)CC1N(C)CC1CC2CCC1C2. The second-order valence-corrected chi connectivity index (χ2v) is 7.76. The summed E-state index contributed by atoms with van der Waals surface area (Å²) in [6.45, 7) is 3.79. The summed E-state index contributed by atoms with van der Waals surface area (Å²) in [7, 11) is 4.54. The molecule has 6 atom stereocenters. The largest absolute Gasteiger partial charge is 0.315 e. The summed E-state index contributed by atoms with van der Waals surface area (Å²) in [5.41, 5.74) is 0. The number of nitrogens with zero attached hydrogens (tertiary/aromatic N) is 1. The van der Waals surface area contributed by atoms with Gasteiger partial charge in [0.05, 0.1) is 0 Å². The van der Waals surface area contributed by atoms with Gasteiger partial charge in [-0.1, -0.05) is 13.3 Å². The predicted octanol–water partition coefficient (Wildman–Crippen LogP) is 3.13. The molecule has 6 unspecified atom stereocenters. The number of hydrogen-bond donors (Lipinski definition) is 1. The second kappa shape index (κ2) is 5.73. The Kier molecular flexibility index (Phi) is 4.19. The molecule has 2 nitrogen and oxygen atoms in total. The molecule has 0 aromatic carbocycles. The van der Waals surface area contributed by atoms with Crippen molar-refractivity contribution in [2.45, 2.75) is 64.0 Å². The highest BCUT2D eigenvalue weighted by atomic mass is 15.2. The molecule has 0 aromatic heterocycles. The Morgan fingerprint density at radius 2 is 1.89 bits per heavy atom. The molecule has 0 spiro atoms. The summed E-state index contributed by atoms with van der Waals surface area (Å²) in [4.78, 5) is 2.71. The molecular formula is C17H32N2. The van der Waals surface area contributed by atoms with Gasteiger partial charge in [0.25, 0.3) is 0 Å². The smallest absolute Gasteiger partial charge is 0.0248 e. The summed E-state index contributed by atoms with van der Waals surface area (Å²) < 4.78 is 0. The van der Waals surface area contributed by atoms with Gasteiger partial charge in [0.2, 0.25) is 0 Å². The molecule has 3 fully saturated rings. The molecule has 2 bridgehead atoms. The zero-order chi connectivity index (χ0) is 13.4. The molecule has 3 aliphatic carbocycles. The minimum Gasteiger partial charge on any atom is -0.315 e. The lowest BCUT2D eigenvalue weighted by Crippen LogP contribution is -2.52. The number of rotatable bonds is 4. The maximum atomic E-state index is 3.57. The standard InChI is InChI=1S/C17H32N2/c1-12-4-7-16(18-2)17(8-12)19(3)11-15-10-13-5-6-14(15)9-13/h12-18H,4-11H2,1-3H3. The molecule has 0 aromatic rings. The quantitative estimate of drug-likeness (QED) is 0.839. The van der Waals surface area contributed by atoms with Crippen LogP contribution in [0.5, 0.6) is 0 Å². The number of hydrogen-bond acceptors (Lipinski definition) is 2. The Morgan fingerprint density at radius 1 is 1.05 bits per heavy atom. The number of likely N-dealkylation sites (N-methyl/N-ethyl adjacent to an activating group) is 2. The Bertz CT molecular complexity index is 304. The van der Waals surface area contributed by atoms with E-state index in [-0.39, 0.29) is 0 Å². The van der Waals surface area contributed by atoms with Crippen LogP contribution in [0.3, 0.4) is 0 Å². The second-order valence-electron chi connectivity index (χ2n) is 7.76. The van der Waals surface area contributed by atoms with E-state index in [1.54, 1.807) is 6.42 Å². The van der Waals surface area contributed by atoms with Crippen LogP contribution in [0.15, 0.2) is 0 Å². The lowest BCUT2D eigenvalue weighted by molar-refractivity contribution is 0.101. The van der Waals surface area contributed by atoms with Crippen molar-refractivity contribution in [3.63, 3.8) is 0 Å². The van der Waals surface area contributed by atoms with E-state index in [2.05, 4.69) is 31.2 Å². The van der Waals surface area contributed by atoms with E-state index >= 15 is 0 Å². The maximum Gasteiger partial charge on any atom is 0.0248 e. The van der Waals surface area contributed by atoms with Crippen molar-refractivity contribution in [2.24, 2.45) is 23.7 Å². The van der Waals surface area contributed by atoms with Gasteiger partial charge in [-0.05, 0) is 76.3 Å². The highest BCUT2D eigenvalue weighted by Gasteiger charge is 2.41. The van der Waals surface area contributed by atoms with Gasteiger partial charge in [-0.25, -0.2) is 0 Å². The van der Waals surface area contributed by atoms with Gasteiger partial charge in [-0.15, -0.1) is 0 Å².